The number of carbonyl (C=O) groups excluding carboxylic acids is 2. The van der Waals surface area contributed by atoms with Gasteiger partial charge in [0, 0.05) is 37.3 Å². The van der Waals surface area contributed by atoms with Crippen LogP contribution in [0.3, 0.4) is 0 Å². The van der Waals surface area contributed by atoms with Crippen molar-refractivity contribution in [3.05, 3.63) is 53.3 Å². The third-order valence-electron chi connectivity index (χ3n) is 6.36. The van der Waals surface area contributed by atoms with Gasteiger partial charge in [-0.05, 0) is 69.0 Å². The lowest BCUT2D eigenvalue weighted by Gasteiger charge is -2.31. The van der Waals surface area contributed by atoms with Crippen molar-refractivity contribution in [3.8, 4) is 0 Å². The van der Waals surface area contributed by atoms with E-state index >= 15 is 0 Å². The highest BCUT2D eigenvalue weighted by atomic mass is 32.1. The van der Waals surface area contributed by atoms with Gasteiger partial charge in [-0.15, -0.1) is 11.3 Å². The number of thiazole rings is 1. The molecule has 2 aromatic heterocycles. The van der Waals surface area contributed by atoms with E-state index in [1.165, 1.54) is 0 Å². The Morgan fingerprint density at radius 3 is 2.73 bits per heavy atom. The predicted octanol–water partition coefficient (Wildman–Crippen LogP) is 4.86. The van der Waals surface area contributed by atoms with Crippen LogP contribution in [0.25, 0.3) is 21.3 Å². The molecule has 170 valence electrons. The van der Waals surface area contributed by atoms with Crippen molar-refractivity contribution in [1.82, 2.24) is 19.4 Å². The second-order valence-corrected chi connectivity index (χ2v) is 9.87. The van der Waals surface area contributed by atoms with Gasteiger partial charge in [0.25, 0.3) is 5.91 Å². The molecule has 0 unspecified atom stereocenters. The van der Waals surface area contributed by atoms with Gasteiger partial charge in [-0.1, -0.05) is 0 Å². The molecule has 0 aliphatic carbocycles. The predicted molar refractivity (Wildman–Crippen MR) is 132 cm³/mol. The fourth-order valence-electron chi connectivity index (χ4n) is 4.56. The highest BCUT2D eigenvalue weighted by Crippen LogP contribution is 2.26. The van der Waals surface area contributed by atoms with Crippen molar-refractivity contribution >= 4 is 50.1 Å². The molecular weight excluding hydrogens is 434 g/mol. The summed E-state index contributed by atoms with van der Waals surface area (Å²) in [6, 6.07) is 11.6. The van der Waals surface area contributed by atoms with Crippen LogP contribution in [-0.4, -0.2) is 44.3 Å². The third kappa shape index (κ3) is 4.48. The van der Waals surface area contributed by atoms with Crippen LogP contribution in [0.15, 0.2) is 42.7 Å². The fraction of sp³-hybridized carbons (Fsp3) is 0.360. The molecule has 2 aromatic carbocycles. The first-order valence-corrected chi connectivity index (χ1v) is 12.2. The number of fused-ring (bicyclic) bond motifs is 2. The zero-order valence-electron chi connectivity index (χ0n) is 18.9. The van der Waals surface area contributed by atoms with Gasteiger partial charge in [0.15, 0.2) is 0 Å². The first kappa shape index (κ1) is 21.6. The molecule has 33 heavy (non-hydrogen) atoms. The Morgan fingerprint density at radius 1 is 1.12 bits per heavy atom. The van der Waals surface area contributed by atoms with Crippen LogP contribution in [0.5, 0.6) is 0 Å². The van der Waals surface area contributed by atoms with E-state index in [1.54, 1.807) is 11.3 Å². The number of benzene rings is 2. The Labute approximate surface area is 196 Å². The van der Waals surface area contributed by atoms with E-state index in [9.17, 15) is 9.59 Å². The number of likely N-dealkylation sites (tertiary alicyclic amines) is 1. The van der Waals surface area contributed by atoms with E-state index in [2.05, 4.69) is 26.8 Å². The molecule has 0 saturated carbocycles. The first-order chi connectivity index (χ1) is 16.0. The molecule has 0 radical (unpaired) electrons. The first-order valence-electron chi connectivity index (χ1n) is 11.4. The molecule has 5 rings (SSSR count). The maximum atomic E-state index is 13.0. The molecule has 8 heteroatoms. The number of amides is 2. The van der Waals surface area contributed by atoms with Crippen molar-refractivity contribution in [3.63, 3.8) is 0 Å². The fourth-order valence-corrected chi connectivity index (χ4v) is 5.43. The molecule has 1 N–H and O–H groups in total. The number of nitrogens with zero attached hydrogens (tertiary/aromatic N) is 4. The van der Waals surface area contributed by atoms with Gasteiger partial charge >= 0.3 is 0 Å². The van der Waals surface area contributed by atoms with Gasteiger partial charge in [-0.2, -0.15) is 0 Å². The Morgan fingerprint density at radius 2 is 1.94 bits per heavy atom. The van der Waals surface area contributed by atoms with Crippen LogP contribution < -0.4 is 5.32 Å². The maximum absolute atomic E-state index is 13.0. The summed E-state index contributed by atoms with van der Waals surface area (Å²) in [7, 11) is 0. The van der Waals surface area contributed by atoms with Crippen LogP contribution in [0, 0.1) is 12.8 Å². The Kier molecular flexibility index (Phi) is 5.85. The molecule has 0 bridgehead atoms. The zero-order valence-corrected chi connectivity index (χ0v) is 19.7. The standard InChI is InChI=1S/C25H27N5O2S/c1-3-29-15-26-21-14-19(5-7-22(21)29)28-24(31)12-17-8-10-30(11-9-17)25(32)18-4-6-20-23(13-18)33-16(2)27-20/h4-7,13-15,17H,3,8-12H2,1-2H3,(H,28,31). The minimum absolute atomic E-state index is 0.0140. The summed E-state index contributed by atoms with van der Waals surface area (Å²) in [5, 5.41) is 4.02. The number of aromatic nitrogens is 3. The average Bonchev–Trinajstić information content (AvgIpc) is 3.40. The molecule has 1 saturated heterocycles. The Bertz CT molecular complexity index is 1330. The van der Waals surface area contributed by atoms with E-state index in [4.69, 9.17) is 0 Å². The van der Waals surface area contributed by atoms with Crippen molar-refractivity contribution in [2.75, 3.05) is 18.4 Å². The minimum Gasteiger partial charge on any atom is -0.339 e. The Hall–Kier alpha value is -3.26. The lowest BCUT2D eigenvalue weighted by atomic mass is 9.92. The van der Waals surface area contributed by atoms with E-state index in [1.807, 2.05) is 54.5 Å². The number of hydrogen-bond acceptors (Lipinski definition) is 5. The van der Waals surface area contributed by atoms with E-state index < -0.39 is 0 Å². The van der Waals surface area contributed by atoms with Crippen LogP contribution in [-0.2, 0) is 11.3 Å². The summed E-state index contributed by atoms with van der Waals surface area (Å²) in [5.74, 6) is 0.356. The Balaban J connectivity index is 1.15. The monoisotopic (exact) mass is 461 g/mol. The molecule has 2 amide bonds. The number of nitrogens with one attached hydrogen (secondary N) is 1. The van der Waals surface area contributed by atoms with E-state index in [-0.39, 0.29) is 17.7 Å². The molecular formula is C25H27N5O2S. The molecule has 4 aromatic rings. The van der Waals surface area contributed by atoms with Crippen LogP contribution in [0.4, 0.5) is 5.69 Å². The summed E-state index contributed by atoms with van der Waals surface area (Å²) >= 11 is 1.61. The summed E-state index contributed by atoms with van der Waals surface area (Å²) < 4.78 is 3.12. The number of imidazole rings is 1. The number of carbonyl (C=O) groups is 2. The number of rotatable bonds is 5. The second kappa shape index (κ2) is 8.94. The summed E-state index contributed by atoms with van der Waals surface area (Å²) in [4.78, 5) is 36.4. The topological polar surface area (TPSA) is 80.1 Å². The van der Waals surface area contributed by atoms with Gasteiger partial charge in [0.05, 0.1) is 32.6 Å². The molecule has 1 aliphatic rings. The van der Waals surface area contributed by atoms with E-state index in [0.717, 1.165) is 51.3 Å². The van der Waals surface area contributed by atoms with Crippen LogP contribution in [0.1, 0.15) is 41.6 Å². The van der Waals surface area contributed by atoms with Crippen molar-refractivity contribution < 1.29 is 9.59 Å². The SMILES string of the molecule is CCn1cnc2cc(NC(=O)CC3CCN(C(=O)c4ccc5nc(C)sc5c4)CC3)ccc21. The quantitative estimate of drug-likeness (QED) is 0.460. The van der Waals surface area contributed by atoms with Crippen LogP contribution in [0.2, 0.25) is 0 Å². The third-order valence-corrected chi connectivity index (χ3v) is 7.30. The van der Waals surface area contributed by atoms with Gasteiger partial charge in [-0.25, -0.2) is 9.97 Å². The molecule has 7 nitrogen and oxygen atoms in total. The number of anilines is 1. The largest absolute Gasteiger partial charge is 0.339 e. The molecule has 3 heterocycles. The molecule has 1 fully saturated rings. The highest BCUT2D eigenvalue weighted by Gasteiger charge is 2.25. The number of piperidine rings is 1. The van der Waals surface area contributed by atoms with E-state index in [0.29, 0.717) is 25.1 Å². The normalized spacial score (nSPS) is 14.8. The van der Waals surface area contributed by atoms with Gasteiger partial charge in [-0.3, -0.25) is 9.59 Å². The average molecular weight is 462 g/mol. The second-order valence-electron chi connectivity index (χ2n) is 8.64. The summed E-state index contributed by atoms with van der Waals surface area (Å²) in [5.41, 5.74) is 4.38. The highest BCUT2D eigenvalue weighted by molar-refractivity contribution is 7.18. The number of hydrogen-bond donors (Lipinski definition) is 1. The van der Waals surface area contributed by atoms with Gasteiger partial charge in [0.2, 0.25) is 5.91 Å². The summed E-state index contributed by atoms with van der Waals surface area (Å²) in [6.45, 7) is 6.28. The van der Waals surface area contributed by atoms with Gasteiger partial charge in [0.1, 0.15) is 0 Å². The van der Waals surface area contributed by atoms with Crippen molar-refractivity contribution in [1.29, 1.82) is 0 Å². The zero-order chi connectivity index (χ0) is 22.9. The molecule has 0 spiro atoms. The van der Waals surface area contributed by atoms with Crippen molar-refractivity contribution in [2.45, 2.75) is 39.7 Å². The maximum Gasteiger partial charge on any atom is 0.253 e. The number of aryl methyl sites for hydroxylation is 2. The lowest BCUT2D eigenvalue weighted by Crippen LogP contribution is -2.39. The van der Waals surface area contributed by atoms with Crippen molar-refractivity contribution in [2.24, 2.45) is 5.92 Å². The molecule has 1 aliphatic heterocycles. The van der Waals surface area contributed by atoms with Gasteiger partial charge < -0.3 is 14.8 Å². The summed E-state index contributed by atoms with van der Waals surface area (Å²) in [6.07, 6.45) is 3.96. The smallest absolute Gasteiger partial charge is 0.253 e. The molecule has 0 atom stereocenters. The van der Waals surface area contributed by atoms with Crippen LogP contribution >= 0.6 is 11.3 Å². The minimum atomic E-state index is 0.0140. The lowest BCUT2D eigenvalue weighted by molar-refractivity contribution is -0.117.